The lowest BCUT2D eigenvalue weighted by Crippen LogP contribution is -2.51. The van der Waals surface area contributed by atoms with Crippen LogP contribution in [0.1, 0.15) is 44.9 Å². The molecule has 1 heterocycles. The van der Waals surface area contributed by atoms with Gasteiger partial charge in [0.1, 0.15) is 5.41 Å². The van der Waals surface area contributed by atoms with Crippen molar-refractivity contribution >= 4 is 17.7 Å². The fraction of sp³-hybridized carbons (Fsp3) is 0.833. The van der Waals surface area contributed by atoms with Crippen LogP contribution in [0, 0.1) is 10.8 Å². The summed E-state index contributed by atoms with van der Waals surface area (Å²) in [5, 5.41) is 6.10. The van der Waals surface area contributed by atoms with Gasteiger partial charge in [0.25, 0.3) is 0 Å². The van der Waals surface area contributed by atoms with Gasteiger partial charge in [-0.25, -0.2) is 0 Å². The highest BCUT2D eigenvalue weighted by atomic mass is 16.5. The molecule has 0 radical (unpaired) electrons. The summed E-state index contributed by atoms with van der Waals surface area (Å²) in [6.45, 7) is 1.34. The summed E-state index contributed by atoms with van der Waals surface area (Å²) >= 11 is 0. The van der Waals surface area contributed by atoms with Crippen molar-refractivity contribution < 1.29 is 23.9 Å². The molecule has 0 aromatic carbocycles. The summed E-state index contributed by atoms with van der Waals surface area (Å²) in [6, 6.07) is 0.131. The third-order valence-corrected chi connectivity index (χ3v) is 6.06. The Hall–Kier alpha value is -1.67. The Kier molecular flexibility index (Phi) is 5.53. The van der Waals surface area contributed by atoms with E-state index in [2.05, 4.69) is 10.6 Å². The molecule has 146 valence electrons. The van der Waals surface area contributed by atoms with Gasteiger partial charge in [-0.1, -0.05) is 0 Å². The normalized spacial score (nSPS) is 32.7. The van der Waals surface area contributed by atoms with E-state index >= 15 is 0 Å². The number of primary amides is 1. The van der Waals surface area contributed by atoms with Crippen molar-refractivity contribution in [3.63, 3.8) is 0 Å². The van der Waals surface area contributed by atoms with Gasteiger partial charge in [0.15, 0.2) is 0 Å². The van der Waals surface area contributed by atoms with Gasteiger partial charge in [-0.05, 0) is 44.9 Å². The minimum absolute atomic E-state index is 0.00463. The van der Waals surface area contributed by atoms with Crippen molar-refractivity contribution in [3.05, 3.63) is 0 Å². The number of carbonyl (C=O) groups excluding carboxylic acids is 3. The van der Waals surface area contributed by atoms with E-state index in [1.807, 2.05) is 0 Å². The SMILES string of the molecule is COCC1(C(=O)NC2CCC(NC(=O)C3(C(N)=O)CC3)CC2)CCOC1. The van der Waals surface area contributed by atoms with Gasteiger partial charge < -0.3 is 25.8 Å². The molecule has 8 heteroatoms. The number of methoxy groups -OCH3 is 1. The molecular formula is C18H29N3O5. The molecule has 0 bridgehead atoms. The van der Waals surface area contributed by atoms with Gasteiger partial charge >= 0.3 is 0 Å². The number of ether oxygens (including phenoxy) is 2. The zero-order valence-electron chi connectivity index (χ0n) is 15.3. The first-order chi connectivity index (χ1) is 12.4. The highest BCUT2D eigenvalue weighted by Crippen LogP contribution is 2.45. The molecule has 3 rings (SSSR count). The summed E-state index contributed by atoms with van der Waals surface area (Å²) in [5.74, 6) is -0.771. The molecule has 1 atom stereocenters. The summed E-state index contributed by atoms with van der Waals surface area (Å²) in [6.07, 6.45) is 4.91. The maximum Gasteiger partial charge on any atom is 0.235 e. The third kappa shape index (κ3) is 3.71. The Morgan fingerprint density at radius 3 is 2.04 bits per heavy atom. The molecule has 1 aliphatic heterocycles. The molecular weight excluding hydrogens is 338 g/mol. The van der Waals surface area contributed by atoms with Crippen LogP contribution in [0.4, 0.5) is 0 Å². The fourth-order valence-corrected chi connectivity index (χ4v) is 4.00. The summed E-state index contributed by atoms with van der Waals surface area (Å²) < 4.78 is 10.6. The standard InChI is InChI=1S/C18H29N3O5/c1-25-10-17(8-9-26-11-17)15(23)20-12-2-4-13(5-3-12)21-16(24)18(6-7-18)14(19)22/h12-13H,2-11H2,1H3,(H2,19,22)(H,20,23)(H,21,24). The number of carbonyl (C=O) groups is 3. The summed E-state index contributed by atoms with van der Waals surface area (Å²) in [7, 11) is 1.60. The Balaban J connectivity index is 1.46. The zero-order valence-corrected chi connectivity index (χ0v) is 15.3. The lowest BCUT2D eigenvalue weighted by atomic mass is 9.85. The van der Waals surface area contributed by atoms with Crippen molar-refractivity contribution in [3.8, 4) is 0 Å². The molecule has 0 aromatic rings. The number of rotatable bonds is 7. The molecule has 2 saturated carbocycles. The van der Waals surface area contributed by atoms with Crippen molar-refractivity contribution in [2.45, 2.75) is 57.0 Å². The minimum atomic E-state index is -0.972. The number of amides is 3. The molecule has 3 aliphatic rings. The van der Waals surface area contributed by atoms with Gasteiger partial charge in [-0.15, -0.1) is 0 Å². The van der Waals surface area contributed by atoms with Crippen LogP contribution < -0.4 is 16.4 Å². The lowest BCUT2D eigenvalue weighted by Gasteiger charge is -2.33. The van der Waals surface area contributed by atoms with Crippen LogP contribution in [0.25, 0.3) is 0 Å². The van der Waals surface area contributed by atoms with Gasteiger partial charge in [0.2, 0.25) is 17.7 Å². The zero-order chi connectivity index (χ0) is 18.8. The molecule has 0 spiro atoms. The Bertz CT molecular complexity index is 561. The molecule has 2 aliphatic carbocycles. The average molecular weight is 367 g/mol. The van der Waals surface area contributed by atoms with Gasteiger partial charge in [-0.2, -0.15) is 0 Å². The highest BCUT2D eigenvalue weighted by Gasteiger charge is 2.55. The van der Waals surface area contributed by atoms with E-state index in [-0.39, 0.29) is 23.9 Å². The van der Waals surface area contributed by atoms with Crippen LogP contribution in [0.2, 0.25) is 0 Å². The van der Waals surface area contributed by atoms with E-state index < -0.39 is 16.7 Å². The van der Waals surface area contributed by atoms with E-state index in [0.717, 1.165) is 25.7 Å². The molecule has 3 fully saturated rings. The van der Waals surface area contributed by atoms with Crippen molar-refractivity contribution in [1.82, 2.24) is 10.6 Å². The highest BCUT2D eigenvalue weighted by molar-refractivity contribution is 6.07. The monoisotopic (exact) mass is 367 g/mol. The predicted octanol–water partition coefficient (Wildman–Crippen LogP) is -0.151. The topological polar surface area (TPSA) is 120 Å². The molecule has 1 unspecified atom stereocenters. The van der Waals surface area contributed by atoms with Crippen molar-refractivity contribution in [1.29, 1.82) is 0 Å². The van der Waals surface area contributed by atoms with Crippen LogP contribution in [0.15, 0.2) is 0 Å². The van der Waals surface area contributed by atoms with E-state index in [0.29, 0.717) is 39.1 Å². The van der Waals surface area contributed by atoms with E-state index in [4.69, 9.17) is 15.2 Å². The molecule has 26 heavy (non-hydrogen) atoms. The molecule has 8 nitrogen and oxygen atoms in total. The molecule has 0 aromatic heterocycles. The van der Waals surface area contributed by atoms with Crippen molar-refractivity contribution in [2.24, 2.45) is 16.6 Å². The maximum absolute atomic E-state index is 12.7. The maximum atomic E-state index is 12.7. The summed E-state index contributed by atoms with van der Waals surface area (Å²) in [5.41, 5.74) is 3.79. The van der Waals surface area contributed by atoms with Crippen LogP contribution in [0.3, 0.4) is 0 Å². The first-order valence-corrected chi connectivity index (χ1v) is 9.40. The smallest absolute Gasteiger partial charge is 0.235 e. The number of hydrogen-bond acceptors (Lipinski definition) is 5. The molecule has 4 N–H and O–H groups in total. The first kappa shape index (κ1) is 19.1. The van der Waals surface area contributed by atoms with Gasteiger partial charge in [0, 0.05) is 25.8 Å². The quantitative estimate of drug-likeness (QED) is 0.541. The minimum Gasteiger partial charge on any atom is -0.383 e. The van der Waals surface area contributed by atoms with Crippen LogP contribution in [-0.2, 0) is 23.9 Å². The van der Waals surface area contributed by atoms with Gasteiger partial charge in [0.05, 0.1) is 18.6 Å². The van der Waals surface area contributed by atoms with Crippen LogP contribution in [0.5, 0.6) is 0 Å². The molecule has 1 saturated heterocycles. The second-order valence-corrected chi connectivity index (χ2v) is 7.96. The Labute approximate surface area is 153 Å². The first-order valence-electron chi connectivity index (χ1n) is 9.40. The predicted molar refractivity (Wildman–Crippen MR) is 92.9 cm³/mol. The average Bonchev–Trinajstić information content (AvgIpc) is 3.31. The second kappa shape index (κ2) is 7.52. The Morgan fingerprint density at radius 1 is 1.04 bits per heavy atom. The largest absolute Gasteiger partial charge is 0.383 e. The third-order valence-electron chi connectivity index (χ3n) is 6.06. The number of nitrogens with two attached hydrogens (primary N) is 1. The summed E-state index contributed by atoms with van der Waals surface area (Å²) in [4.78, 5) is 36.4. The fourth-order valence-electron chi connectivity index (χ4n) is 4.00. The lowest BCUT2D eigenvalue weighted by molar-refractivity contribution is -0.137. The van der Waals surface area contributed by atoms with Crippen molar-refractivity contribution in [2.75, 3.05) is 26.9 Å². The van der Waals surface area contributed by atoms with E-state index in [1.54, 1.807) is 7.11 Å². The van der Waals surface area contributed by atoms with Crippen LogP contribution >= 0.6 is 0 Å². The number of nitrogens with one attached hydrogen (secondary N) is 2. The van der Waals surface area contributed by atoms with Crippen LogP contribution in [-0.4, -0.2) is 56.7 Å². The van der Waals surface area contributed by atoms with E-state index in [1.165, 1.54) is 0 Å². The van der Waals surface area contributed by atoms with Gasteiger partial charge in [-0.3, -0.25) is 14.4 Å². The Morgan fingerprint density at radius 2 is 1.62 bits per heavy atom. The van der Waals surface area contributed by atoms with E-state index in [9.17, 15) is 14.4 Å². The molecule has 3 amide bonds. The number of hydrogen-bond donors (Lipinski definition) is 3. The second-order valence-electron chi connectivity index (χ2n) is 7.96.